The lowest BCUT2D eigenvalue weighted by Gasteiger charge is -2.42. The van der Waals surface area contributed by atoms with Crippen molar-refractivity contribution in [1.29, 1.82) is 0 Å². The molecule has 3 nitrogen and oxygen atoms in total. The molecular weight excluding hydrogens is 235 g/mol. The number of nitrogens with one attached hydrogen (secondary N) is 1. The van der Waals surface area contributed by atoms with Crippen molar-refractivity contribution in [3.05, 3.63) is 0 Å². The largest absolute Gasteiger partial charge is 0.480 e. The summed E-state index contributed by atoms with van der Waals surface area (Å²) in [5.74, 6) is -1.35. The Kier molecular flexibility index (Phi) is 4.06. The van der Waals surface area contributed by atoms with E-state index in [0.29, 0.717) is 6.42 Å². The van der Waals surface area contributed by atoms with E-state index in [2.05, 4.69) is 5.32 Å². The summed E-state index contributed by atoms with van der Waals surface area (Å²) in [4.78, 5) is 11.3. The SMILES string of the molecule is CC1CCC(C)C(NCC(F)(F)F)(C(=O)O)C1. The summed E-state index contributed by atoms with van der Waals surface area (Å²) in [7, 11) is 0. The fourth-order valence-corrected chi connectivity index (χ4v) is 2.51. The molecule has 100 valence electrons. The van der Waals surface area contributed by atoms with E-state index in [0.717, 1.165) is 6.42 Å². The molecule has 1 aliphatic carbocycles. The number of carbonyl (C=O) groups is 1. The van der Waals surface area contributed by atoms with Gasteiger partial charge in [0.25, 0.3) is 0 Å². The van der Waals surface area contributed by atoms with Gasteiger partial charge in [-0.1, -0.05) is 20.3 Å². The average molecular weight is 253 g/mol. The monoisotopic (exact) mass is 253 g/mol. The number of rotatable bonds is 3. The summed E-state index contributed by atoms with van der Waals surface area (Å²) in [5.41, 5.74) is -1.44. The zero-order valence-corrected chi connectivity index (χ0v) is 9.97. The van der Waals surface area contributed by atoms with Crippen molar-refractivity contribution in [3.8, 4) is 0 Å². The molecule has 0 spiro atoms. The highest BCUT2D eigenvalue weighted by molar-refractivity contribution is 5.79. The molecule has 3 unspecified atom stereocenters. The van der Waals surface area contributed by atoms with Crippen LogP contribution in [0.4, 0.5) is 13.2 Å². The first-order valence-electron chi connectivity index (χ1n) is 5.72. The van der Waals surface area contributed by atoms with Gasteiger partial charge in [-0.25, -0.2) is 0 Å². The van der Waals surface area contributed by atoms with Crippen molar-refractivity contribution in [3.63, 3.8) is 0 Å². The molecule has 1 aliphatic rings. The number of carboxylic acids is 1. The molecule has 1 rings (SSSR count). The van der Waals surface area contributed by atoms with Crippen molar-refractivity contribution in [2.45, 2.75) is 44.8 Å². The Morgan fingerprint density at radius 2 is 2.00 bits per heavy atom. The first kappa shape index (κ1) is 14.3. The Balaban J connectivity index is 2.84. The Bertz CT molecular complexity index is 293. The van der Waals surface area contributed by atoms with E-state index in [9.17, 15) is 23.1 Å². The van der Waals surface area contributed by atoms with E-state index in [1.165, 1.54) is 0 Å². The number of hydrogen-bond acceptors (Lipinski definition) is 2. The van der Waals surface area contributed by atoms with Crippen LogP contribution in [0.25, 0.3) is 0 Å². The van der Waals surface area contributed by atoms with Gasteiger partial charge in [-0.2, -0.15) is 13.2 Å². The van der Waals surface area contributed by atoms with Crippen molar-refractivity contribution in [2.75, 3.05) is 6.54 Å². The third kappa shape index (κ3) is 3.34. The van der Waals surface area contributed by atoms with Gasteiger partial charge in [-0.15, -0.1) is 0 Å². The Hall–Kier alpha value is -0.780. The first-order chi connectivity index (χ1) is 7.67. The van der Waals surface area contributed by atoms with Gasteiger partial charge in [0.15, 0.2) is 0 Å². The predicted molar refractivity (Wildman–Crippen MR) is 56.6 cm³/mol. The van der Waals surface area contributed by atoms with Crippen molar-refractivity contribution < 1.29 is 23.1 Å². The van der Waals surface area contributed by atoms with E-state index < -0.39 is 24.2 Å². The summed E-state index contributed by atoms with van der Waals surface area (Å²) in [6.45, 7) is 2.32. The second-order valence-electron chi connectivity index (χ2n) is 5.03. The summed E-state index contributed by atoms with van der Waals surface area (Å²) in [6.07, 6.45) is -2.63. The van der Waals surface area contributed by atoms with Crippen LogP contribution in [0.5, 0.6) is 0 Å². The number of alkyl halides is 3. The number of hydrogen-bond donors (Lipinski definition) is 2. The minimum absolute atomic E-state index is 0.128. The minimum atomic E-state index is -4.39. The highest BCUT2D eigenvalue weighted by atomic mass is 19.4. The summed E-state index contributed by atoms with van der Waals surface area (Å²) in [5, 5.41) is 11.5. The Morgan fingerprint density at radius 1 is 1.41 bits per heavy atom. The zero-order chi connectivity index (χ0) is 13.3. The lowest BCUT2D eigenvalue weighted by molar-refractivity contribution is -0.156. The first-order valence-corrected chi connectivity index (χ1v) is 5.72. The minimum Gasteiger partial charge on any atom is -0.480 e. The molecule has 0 aliphatic heterocycles. The molecule has 2 N–H and O–H groups in total. The van der Waals surface area contributed by atoms with Gasteiger partial charge in [0.1, 0.15) is 5.54 Å². The molecule has 0 radical (unpaired) electrons. The smallest absolute Gasteiger partial charge is 0.401 e. The second kappa shape index (κ2) is 4.84. The summed E-state index contributed by atoms with van der Waals surface area (Å²) < 4.78 is 36.6. The third-order valence-corrected chi connectivity index (χ3v) is 3.59. The second-order valence-corrected chi connectivity index (χ2v) is 5.03. The molecule has 1 fully saturated rings. The number of halogens is 3. The van der Waals surface area contributed by atoms with E-state index in [1.807, 2.05) is 6.92 Å². The van der Waals surface area contributed by atoms with Gasteiger partial charge >= 0.3 is 12.1 Å². The molecule has 17 heavy (non-hydrogen) atoms. The number of aliphatic carboxylic acids is 1. The van der Waals surface area contributed by atoms with E-state index in [1.54, 1.807) is 6.92 Å². The van der Waals surface area contributed by atoms with Gasteiger partial charge in [-0.05, 0) is 24.7 Å². The molecule has 3 atom stereocenters. The lowest BCUT2D eigenvalue weighted by Crippen LogP contribution is -2.61. The lowest BCUT2D eigenvalue weighted by atomic mass is 9.69. The quantitative estimate of drug-likeness (QED) is 0.812. The van der Waals surface area contributed by atoms with Gasteiger partial charge in [0.05, 0.1) is 6.54 Å². The van der Waals surface area contributed by atoms with Crippen LogP contribution in [-0.4, -0.2) is 29.3 Å². The van der Waals surface area contributed by atoms with Gasteiger partial charge in [-0.3, -0.25) is 10.1 Å². The van der Waals surface area contributed by atoms with Crippen molar-refractivity contribution in [1.82, 2.24) is 5.32 Å². The molecular formula is C11H18F3NO2. The predicted octanol–water partition coefficient (Wildman–Crippen LogP) is 2.42. The van der Waals surface area contributed by atoms with Crippen LogP contribution >= 0.6 is 0 Å². The highest BCUT2D eigenvalue weighted by Gasteiger charge is 2.48. The molecule has 1 saturated carbocycles. The van der Waals surface area contributed by atoms with Crippen LogP contribution in [0.3, 0.4) is 0 Å². The zero-order valence-electron chi connectivity index (χ0n) is 9.97. The van der Waals surface area contributed by atoms with Gasteiger partial charge < -0.3 is 5.11 Å². The molecule has 6 heteroatoms. The maximum atomic E-state index is 12.2. The Morgan fingerprint density at radius 3 is 2.47 bits per heavy atom. The topological polar surface area (TPSA) is 49.3 Å². The van der Waals surface area contributed by atoms with Crippen LogP contribution in [-0.2, 0) is 4.79 Å². The van der Waals surface area contributed by atoms with Crippen molar-refractivity contribution >= 4 is 5.97 Å². The molecule has 0 amide bonds. The highest BCUT2D eigenvalue weighted by Crippen LogP contribution is 2.37. The normalized spacial score (nSPS) is 34.6. The number of carboxylic acid groups (broad SMARTS) is 1. The summed E-state index contributed by atoms with van der Waals surface area (Å²) in [6, 6.07) is 0. The van der Waals surface area contributed by atoms with Gasteiger partial charge in [0, 0.05) is 0 Å². The molecule has 0 aromatic carbocycles. The van der Waals surface area contributed by atoms with Gasteiger partial charge in [0.2, 0.25) is 0 Å². The van der Waals surface area contributed by atoms with Crippen LogP contribution in [0.15, 0.2) is 0 Å². The van der Waals surface area contributed by atoms with E-state index in [-0.39, 0.29) is 18.3 Å². The average Bonchev–Trinajstić information content (AvgIpc) is 2.18. The molecule has 0 aromatic rings. The van der Waals surface area contributed by atoms with Crippen LogP contribution < -0.4 is 5.32 Å². The maximum absolute atomic E-state index is 12.2. The molecule has 0 heterocycles. The van der Waals surface area contributed by atoms with E-state index in [4.69, 9.17) is 0 Å². The summed E-state index contributed by atoms with van der Waals surface area (Å²) >= 11 is 0. The van der Waals surface area contributed by atoms with Crippen LogP contribution in [0.2, 0.25) is 0 Å². The Labute approximate surface area is 98.4 Å². The standard InChI is InChI=1S/C11H18F3NO2/c1-7-3-4-8(2)10(5-7,9(16)17)15-6-11(12,13)14/h7-8,15H,3-6H2,1-2H3,(H,16,17). The van der Waals surface area contributed by atoms with Crippen LogP contribution in [0, 0.1) is 11.8 Å². The van der Waals surface area contributed by atoms with Crippen molar-refractivity contribution in [2.24, 2.45) is 11.8 Å². The van der Waals surface area contributed by atoms with E-state index >= 15 is 0 Å². The molecule has 0 saturated heterocycles. The maximum Gasteiger partial charge on any atom is 0.401 e. The van der Waals surface area contributed by atoms with Crippen LogP contribution in [0.1, 0.15) is 33.1 Å². The third-order valence-electron chi connectivity index (χ3n) is 3.59. The molecule has 0 bridgehead atoms. The molecule has 0 aromatic heterocycles. The fourth-order valence-electron chi connectivity index (χ4n) is 2.51. The fraction of sp³-hybridized carbons (Fsp3) is 0.909.